The van der Waals surface area contributed by atoms with Crippen molar-refractivity contribution >= 4 is 5.91 Å². The quantitative estimate of drug-likeness (QED) is 0.601. The Morgan fingerprint density at radius 3 is 2.23 bits per heavy atom. The maximum Gasteiger partial charge on any atom is 0.268 e. The van der Waals surface area contributed by atoms with E-state index in [1.54, 1.807) is 14.2 Å². The number of methoxy groups -OCH3 is 2. The Hall–Kier alpha value is -3.21. The van der Waals surface area contributed by atoms with Crippen LogP contribution < -0.4 is 14.8 Å². The van der Waals surface area contributed by atoms with Gasteiger partial charge in [-0.15, -0.1) is 0 Å². The number of rotatable bonds is 8. The van der Waals surface area contributed by atoms with Crippen molar-refractivity contribution in [2.75, 3.05) is 20.8 Å². The lowest BCUT2D eigenvalue weighted by molar-refractivity contribution is 0.0944. The van der Waals surface area contributed by atoms with Crippen LogP contribution in [0.2, 0.25) is 0 Å². The smallest absolute Gasteiger partial charge is 0.268 e. The minimum atomic E-state index is -0.0480. The van der Waals surface area contributed by atoms with Gasteiger partial charge in [0.15, 0.2) is 11.5 Å². The summed E-state index contributed by atoms with van der Waals surface area (Å²) < 4.78 is 12.7. The molecule has 5 heteroatoms. The summed E-state index contributed by atoms with van der Waals surface area (Å²) in [6.07, 6.45) is 0.711. The van der Waals surface area contributed by atoms with Gasteiger partial charge in [-0.25, -0.2) is 0 Å². The first-order valence-electron chi connectivity index (χ1n) is 10.1. The van der Waals surface area contributed by atoms with Gasteiger partial charge in [0.2, 0.25) is 0 Å². The number of aryl methyl sites for hydroxylation is 3. The number of amides is 1. The second-order valence-electron chi connectivity index (χ2n) is 7.58. The molecule has 1 amide bonds. The highest BCUT2D eigenvalue weighted by molar-refractivity contribution is 5.94. The molecule has 1 heterocycles. The Balaban J connectivity index is 1.69. The molecule has 0 bridgehead atoms. The van der Waals surface area contributed by atoms with Gasteiger partial charge in [0, 0.05) is 18.8 Å². The molecule has 0 aliphatic carbocycles. The van der Waals surface area contributed by atoms with Crippen molar-refractivity contribution in [3.05, 3.63) is 82.2 Å². The molecule has 1 aromatic heterocycles. The molecular formula is C25H30N2O3. The number of carbonyl (C=O) groups is 1. The van der Waals surface area contributed by atoms with E-state index in [0.29, 0.717) is 31.0 Å². The van der Waals surface area contributed by atoms with Crippen molar-refractivity contribution in [3.8, 4) is 11.5 Å². The van der Waals surface area contributed by atoms with E-state index >= 15 is 0 Å². The monoisotopic (exact) mass is 406 g/mol. The van der Waals surface area contributed by atoms with Crippen molar-refractivity contribution < 1.29 is 14.3 Å². The molecule has 0 aliphatic heterocycles. The van der Waals surface area contributed by atoms with E-state index in [4.69, 9.17) is 9.47 Å². The third kappa shape index (κ3) is 4.85. The van der Waals surface area contributed by atoms with Crippen molar-refractivity contribution in [3.63, 3.8) is 0 Å². The van der Waals surface area contributed by atoms with E-state index in [0.717, 1.165) is 22.5 Å². The summed E-state index contributed by atoms with van der Waals surface area (Å²) in [5, 5.41) is 3.07. The van der Waals surface area contributed by atoms with E-state index in [1.807, 2.05) is 32.0 Å². The van der Waals surface area contributed by atoms with Crippen LogP contribution in [-0.2, 0) is 13.0 Å². The topological polar surface area (TPSA) is 52.5 Å². The molecule has 0 unspecified atom stereocenters. The van der Waals surface area contributed by atoms with Gasteiger partial charge in [-0.3, -0.25) is 4.79 Å². The largest absolute Gasteiger partial charge is 0.493 e. The average Bonchev–Trinajstić information content (AvgIpc) is 3.02. The van der Waals surface area contributed by atoms with Gasteiger partial charge in [0.05, 0.1) is 14.2 Å². The number of hydrogen-bond acceptors (Lipinski definition) is 3. The lowest BCUT2D eigenvalue weighted by Crippen LogP contribution is -2.29. The first-order chi connectivity index (χ1) is 14.4. The van der Waals surface area contributed by atoms with Crippen LogP contribution >= 0.6 is 0 Å². The summed E-state index contributed by atoms with van der Waals surface area (Å²) in [5.74, 6) is 1.35. The summed E-state index contributed by atoms with van der Waals surface area (Å²) in [6, 6.07) is 16.3. The van der Waals surface area contributed by atoms with Gasteiger partial charge < -0.3 is 19.4 Å². The van der Waals surface area contributed by atoms with Gasteiger partial charge in [-0.1, -0.05) is 35.9 Å². The molecular weight excluding hydrogens is 376 g/mol. The SMILES string of the molecule is COc1ccc(CCNC(=O)c2c(C)cc(C)n2Cc2ccc(C)cc2)cc1OC. The minimum absolute atomic E-state index is 0.0480. The van der Waals surface area contributed by atoms with Gasteiger partial charge in [0.25, 0.3) is 5.91 Å². The van der Waals surface area contributed by atoms with Crippen LogP contribution in [0.1, 0.15) is 38.4 Å². The van der Waals surface area contributed by atoms with Crippen molar-refractivity contribution in [2.45, 2.75) is 33.7 Å². The summed E-state index contributed by atoms with van der Waals surface area (Å²) in [7, 11) is 3.24. The van der Waals surface area contributed by atoms with Crippen molar-refractivity contribution in [1.29, 1.82) is 0 Å². The Morgan fingerprint density at radius 1 is 0.900 bits per heavy atom. The molecule has 0 fully saturated rings. The Labute approximate surface area is 178 Å². The van der Waals surface area contributed by atoms with E-state index < -0.39 is 0 Å². The van der Waals surface area contributed by atoms with Crippen LogP contribution in [0.15, 0.2) is 48.5 Å². The second-order valence-corrected chi connectivity index (χ2v) is 7.58. The number of benzene rings is 2. The Kier molecular flexibility index (Phi) is 6.83. The van der Waals surface area contributed by atoms with E-state index in [-0.39, 0.29) is 5.91 Å². The second kappa shape index (κ2) is 9.53. The molecule has 0 saturated heterocycles. The molecule has 2 aromatic carbocycles. The Morgan fingerprint density at radius 2 is 1.57 bits per heavy atom. The fraction of sp³-hybridized carbons (Fsp3) is 0.320. The molecule has 30 heavy (non-hydrogen) atoms. The number of ether oxygens (including phenoxy) is 2. The van der Waals surface area contributed by atoms with Gasteiger partial charge in [0.1, 0.15) is 5.69 Å². The third-order valence-corrected chi connectivity index (χ3v) is 5.32. The summed E-state index contributed by atoms with van der Waals surface area (Å²) in [4.78, 5) is 13.0. The van der Waals surface area contributed by atoms with Gasteiger partial charge in [-0.05, 0) is 62.1 Å². The molecule has 158 valence electrons. The van der Waals surface area contributed by atoms with Crippen LogP contribution in [-0.4, -0.2) is 31.2 Å². The molecule has 0 atom stereocenters. The number of hydrogen-bond donors (Lipinski definition) is 1. The highest BCUT2D eigenvalue weighted by Crippen LogP contribution is 2.27. The summed E-state index contributed by atoms with van der Waals surface area (Å²) in [5.41, 5.74) is 6.28. The predicted octanol–water partition coefficient (Wildman–Crippen LogP) is 4.45. The van der Waals surface area contributed by atoms with E-state index in [9.17, 15) is 4.79 Å². The van der Waals surface area contributed by atoms with Gasteiger partial charge >= 0.3 is 0 Å². The molecule has 0 radical (unpaired) electrons. The number of nitrogens with zero attached hydrogens (tertiary/aromatic N) is 1. The molecule has 5 nitrogen and oxygen atoms in total. The molecule has 0 aliphatic rings. The zero-order valence-electron chi connectivity index (χ0n) is 18.4. The van der Waals surface area contributed by atoms with E-state index in [2.05, 4.69) is 47.1 Å². The highest BCUT2D eigenvalue weighted by atomic mass is 16.5. The third-order valence-electron chi connectivity index (χ3n) is 5.32. The molecule has 0 saturated carbocycles. The van der Waals surface area contributed by atoms with Crippen LogP contribution in [0.3, 0.4) is 0 Å². The standard InChI is InChI=1S/C25H30N2O3/c1-17-6-8-21(9-7-17)16-27-19(3)14-18(2)24(27)25(28)26-13-12-20-10-11-22(29-4)23(15-20)30-5/h6-11,14-15H,12-13,16H2,1-5H3,(H,26,28). The lowest BCUT2D eigenvalue weighted by atomic mass is 10.1. The first kappa shape index (κ1) is 21.5. The highest BCUT2D eigenvalue weighted by Gasteiger charge is 2.17. The minimum Gasteiger partial charge on any atom is -0.493 e. The van der Waals surface area contributed by atoms with E-state index in [1.165, 1.54) is 11.1 Å². The fourth-order valence-electron chi connectivity index (χ4n) is 3.67. The molecule has 3 rings (SSSR count). The van der Waals surface area contributed by atoms with Crippen molar-refractivity contribution in [2.24, 2.45) is 0 Å². The van der Waals surface area contributed by atoms with Crippen LogP contribution in [0.4, 0.5) is 0 Å². The number of carbonyl (C=O) groups excluding carboxylic acids is 1. The first-order valence-corrected chi connectivity index (χ1v) is 10.1. The lowest BCUT2D eigenvalue weighted by Gasteiger charge is -2.14. The zero-order chi connectivity index (χ0) is 21.7. The molecule has 3 aromatic rings. The summed E-state index contributed by atoms with van der Waals surface area (Å²) >= 11 is 0. The number of nitrogens with one attached hydrogen (secondary N) is 1. The predicted molar refractivity (Wildman–Crippen MR) is 120 cm³/mol. The number of aromatic nitrogens is 1. The molecule has 0 spiro atoms. The average molecular weight is 407 g/mol. The fourth-order valence-corrected chi connectivity index (χ4v) is 3.67. The Bertz CT molecular complexity index is 1020. The van der Waals surface area contributed by atoms with Crippen LogP contribution in [0.25, 0.3) is 0 Å². The zero-order valence-corrected chi connectivity index (χ0v) is 18.4. The van der Waals surface area contributed by atoms with Crippen LogP contribution in [0.5, 0.6) is 11.5 Å². The van der Waals surface area contributed by atoms with Crippen molar-refractivity contribution in [1.82, 2.24) is 9.88 Å². The summed E-state index contributed by atoms with van der Waals surface area (Å²) in [6.45, 7) is 7.33. The van der Waals surface area contributed by atoms with Gasteiger partial charge in [-0.2, -0.15) is 0 Å². The maximum atomic E-state index is 13.0. The maximum absolute atomic E-state index is 13.0. The van der Waals surface area contributed by atoms with Crippen LogP contribution in [0, 0.1) is 20.8 Å². The normalized spacial score (nSPS) is 10.7. The molecule has 1 N–H and O–H groups in total.